The van der Waals surface area contributed by atoms with E-state index in [-0.39, 0.29) is 4.90 Å². The van der Waals surface area contributed by atoms with Crippen LogP contribution in [0.15, 0.2) is 45.8 Å². The molecule has 0 fully saturated rings. The van der Waals surface area contributed by atoms with Crippen molar-refractivity contribution < 1.29 is 17.9 Å². The molecule has 0 amide bonds. The Labute approximate surface area is 147 Å². The molecule has 1 heterocycles. The molecule has 0 atom stereocenters. The number of benzene rings is 2. The Hall–Kier alpha value is -1.44. The molecule has 0 saturated carbocycles. The van der Waals surface area contributed by atoms with Gasteiger partial charge >= 0.3 is 0 Å². The van der Waals surface area contributed by atoms with Crippen LogP contribution in [0.3, 0.4) is 0 Å². The molecule has 0 N–H and O–H groups in total. The zero-order valence-corrected chi connectivity index (χ0v) is 15.3. The molecule has 0 radical (unpaired) electrons. The summed E-state index contributed by atoms with van der Waals surface area (Å²) < 4.78 is 38.3. The van der Waals surface area contributed by atoms with Crippen LogP contribution < -0.4 is 13.8 Å². The molecule has 8 heteroatoms. The van der Waals surface area contributed by atoms with Crippen LogP contribution in [0.25, 0.3) is 0 Å². The van der Waals surface area contributed by atoms with Gasteiger partial charge in [0, 0.05) is 17.6 Å². The highest BCUT2D eigenvalue weighted by Gasteiger charge is 2.24. The van der Waals surface area contributed by atoms with Gasteiger partial charge in [-0.2, -0.15) is 0 Å². The van der Waals surface area contributed by atoms with Crippen molar-refractivity contribution in [2.75, 3.05) is 24.6 Å². The molecule has 0 spiro atoms. The lowest BCUT2D eigenvalue weighted by Crippen LogP contribution is -2.26. The summed E-state index contributed by atoms with van der Waals surface area (Å²) in [5, 5.41) is 0.437. The smallest absolute Gasteiger partial charge is 0.264 e. The normalized spacial score (nSPS) is 13.7. The third kappa shape index (κ3) is 3.13. The molecule has 5 nitrogen and oxygen atoms in total. The number of hydrogen-bond acceptors (Lipinski definition) is 4. The molecule has 0 aromatic heterocycles. The lowest BCUT2D eigenvalue weighted by atomic mass is 10.3. The Morgan fingerprint density at radius 3 is 2.48 bits per heavy atom. The quantitative estimate of drug-likeness (QED) is 0.763. The fourth-order valence-corrected chi connectivity index (χ4v) is 3.79. The topological polar surface area (TPSA) is 55.8 Å². The van der Waals surface area contributed by atoms with Crippen LogP contribution in [-0.4, -0.2) is 28.7 Å². The second-order valence-corrected chi connectivity index (χ2v) is 8.11. The summed E-state index contributed by atoms with van der Waals surface area (Å²) in [7, 11) is -2.25. The van der Waals surface area contributed by atoms with Gasteiger partial charge in [0.1, 0.15) is 13.2 Å². The van der Waals surface area contributed by atoms with Gasteiger partial charge in [-0.3, -0.25) is 4.31 Å². The molecule has 0 unspecified atom stereocenters. The van der Waals surface area contributed by atoms with Crippen LogP contribution in [0, 0.1) is 0 Å². The minimum atomic E-state index is -3.73. The first-order valence-corrected chi connectivity index (χ1v) is 9.34. The Kier molecular flexibility index (Phi) is 4.44. The molecule has 1 aliphatic heterocycles. The molecule has 122 valence electrons. The summed E-state index contributed by atoms with van der Waals surface area (Å²) in [5.41, 5.74) is 0.466. The Morgan fingerprint density at radius 2 is 1.78 bits per heavy atom. The number of ether oxygens (including phenoxy) is 2. The standard InChI is InChI=1S/C15H13BrClNO4S/c1-18(10-2-4-12(16)13(17)8-10)23(19,20)11-3-5-14-15(9-11)22-7-6-21-14/h2-5,8-9H,6-7H2,1H3. The number of hydrogen-bond donors (Lipinski definition) is 0. The number of nitrogens with zero attached hydrogens (tertiary/aromatic N) is 1. The second-order valence-electron chi connectivity index (χ2n) is 4.88. The van der Waals surface area contributed by atoms with Crippen LogP contribution in [0.1, 0.15) is 0 Å². The maximum absolute atomic E-state index is 12.8. The third-order valence-electron chi connectivity index (χ3n) is 3.44. The third-order valence-corrected chi connectivity index (χ3v) is 6.45. The van der Waals surface area contributed by atoms with E-state index in [2.05, 4.69) is 15.9 Å². The molecule has 23 heavy (non-hydrogen) atoms. The van der Waals surface area contributed by atoms with E-state index in [1.807, 2.05) is 0 Å². The summed E-state index contributed by atoms with van der Waals surface area (Å²) in [4.78, 5) is 0.128. The summed E-state index contributed by atoms with van der Waals surface area (Å²) in [6.45, 7) is 0.852. The van der Waals surface area contributed by atoms with Crippen molar-refractivity contribution in [3.8, 4) is 11.5 Å². The number of sulfonamides is 1. The van der Waals surface area contributed by atoms with Crippen LogP contribution in [-0.2, 0) is 10.0 Å². The van der Waals surface area contributed by atoms with E-state index in [9.17, 15) is 8.42 Å². The summed E-state index contributed by atoms with van der Waals surface area (Å²) in [5.74, 6) is 0.976. The molecule has 1 aliphatic rings. The van der Waals surface area contributed by atoms with Crippen LogP contribution in [0.4, 0.5) is 5.69 Å². The summed E-state index contributed by atoms with van der Waals surface area (Å²) in [6, 6.07) is 9.53. The molecular weight excluding hydrogens is 406 g/mol. The van der Waals surface area contributed by atoms with Gasteiger partial charge in [-0.15, -0.1) is 0 Å². The van der Waals surface area contributed by atoms with E-state index < -0.39 is 10.0 Å². The monoisotopic (exact) mass is 417 g/mol. The fraction of sp³-hybridized carbons (Fsp3) is 0.200. The maximum Gasteiger partial charge on any atom is 0.264 e. The van der Waals surface area contributed by atoms with E-state index >= 15 is 0 Å². The lowest BCUT2D eigenvalue weighted by Gasteiger charge is -2.22. The van der Waals surface area contributed by atoms with E-state index in [1.165, 1.54) is 23.5 Å². The molecule has 0 aliphatic carbocycles. The number of fused-ring (bicyclic) bond motifs is 1. The lowest BCUT2D eigenvalue weighted by molar-refractivity contribution is 0.171. The molecule has 3 rings (SSSR count). The number of rotatable bonds is 3. The first kappa shape index (κ1) is 16.4. The largest absolute Gasteiger partial charge is 0.486 e. The van der Waals surface area contributed by atoms with E-state index in [0.29, 0.717) is 39.9 Å². The average Bonchev–Trinajstić information content (AvgIpc) is 2.56. The summed E-state index contributed by atoms with van der Waals surface area (Å²) >= 11 is 9.33. The van der Waals surface area contributed by atoms with Crippen LogP contribution >= 0.6 is 27.5 Å². The van der Waals surface area contributed by atoms with Gasteiger partial charge in [-0.25, -0.2) is 8.42 Å². The van der Waals surface area contributed by atoms with Gasteiger partial charge in [-0.1, -0.05) is 11.6 Å². The Balaban J connectivity index is 1.98. The van der Waals surface area contributed by atoms with Crippen LogP contribution in [0.2, 0.25) is 5.02 Å². The Bertz CT molecular complexity index is 857. The average molecular weight is 419 g/mol. The molecule has 0 bridgehead atoms. The highest BCUT2D eigenvalue weighted by Crippen LogP contribution is 2.34. The zero-order chi connectivity index (χ0) is 16.6. The highest BCUT2D eigenvalue weighted by molar-refractivity contribution is 9.10. The van der Waals surface area contributed by atoms with Crippen molar-refractivity contribution in [2.45, 2.75) is 4.90 Å². The van der Waals surface area contributed by atoms with Crippen molar-refractivity contribution in [1.29, 1.82) is 0 Å². The van der Waals surface area contributed by atoms with Crippen molar-refractivity contribution in [3.05, 3.63) is 45.9 Å². The fourth-order valence-electron chi connectivity index (χ4n) is 2.16. The number of anilines is 1. The first-order chi connectivity index (χ1) is 10.9. The van der Waals surface area contributed by atoms with Crippen molar-refractivity contribution in [1.82, 2.24) is 0 Å². The molecule has 0 saturated heterocycles. The maximum atomic E-state index is 12.8. The van der Waals surface area contributed by atoms with Gasteiger partial charge < -0.3 is 9.47 Å². The van der Waals surface area contributed by atoms with Crippen molar-refractivity contribution >= 4 is 43.2 Å². The highest BCUT2D eigenvalue weighted by atomic mass is 79.9. The Morgan fingerprint density at radius 1 is 1.09 bits per heavy atom. The van der Waals surface area contributed by atoms with Crippen LogP contribution in [0.5, 0.6) is 11.5 Å². The van der Waals surface area contributed by atoms with Gasteiger partial charge in [0.2, 0.25) is 0 Å². The van der Waals surface area contributed by atoms with Crippen molar-refractivity contribution in [2.24, 2.45) is 0 Å². The van der Waals surface area contributed by atoms with Crippen molar-refractivity contribution in [3.63, 3.8) is 0 Å². The van der Waals surface area contributed by atoms with Gasteiger partial charge in [0.15, 0.2) is 11.5 Å². The molecule has 2 aromatic rings. The summed E-state index contributed by atoms with van der Waals surface area (Å²) in [6.07, 6.45) is 0. The van der Waals surface area contributed by atoms with E-state index in [4.69, 9.17) is 21.1 Å². The van der Waals surface area contributed by atoms with Gasteiger partial charge in [0.25, 0.3) is 10.0 Å². The predicted molar refractivity (Wildman–Crippen MR) is 92.2 cm³/mol. The molecular formula is C15H13BrClNO4S. The van der Waals surface area contributed by atoms with Gasteiger partial charge in [0.05, 0.1) is 15.6 Å². The molecule has 2 aromatic carbocycles. The van der Waals surface area contributed by atoms with Gasteiger partial charge in [-0.05, 0) is 46.3 Å². The number of halogens is 2. The SMILES string of the molecule is CN(c1ccc(Br)c(Cl)c1)S(=O)(=O)c1ccc2c(c1)OCCO2. The first-order valence-electron chi connectivity index (χ1n) is 6.73. The second kappa shape index (κ2) is 6.22. The zero-order valence-electron chi connectivity index (χ0n) is 12.1. The predicted octanol–water partition coefficient (Wildman–Crippen LogP) is 3.70. The van der Waals surface area contributed by atoms with E-state index in [0.717, 1.165) is 0 Å². The minimum Gasteiger partial charge on any atom is -0.486 e. The minimum absolute atomic E-state index is 0.128. The van der Waals surface area contributed by atoms with E-state index in [1.54, 1.807) is 24.3 Å².